The molecule has 3 heterocycles. The van der Waals surface area contributed by atoms with E-state index < -0.39 is 0 Å². The highest BCUT2D eigenvalue weighted by atomic mass is 14.9. The Labute approximate surface area is 162 Å². The molecule has 0 N–H and O–H groups in total. The molecule has 1 heteroatoms. The van der Waals surface area contributed by atoms with Gasteiger partial charge in [-0.25, -0.2) is 0 Å². The monoisotopic (exact) mass is 355 g/mol. The van der Waals surface area contributed by atoms with Crippen molar-refractivity contribution in [1.82, 2.24) is 4.40 Å². The van der Waals surface area contributed by atoms with Crippen molar-refractivity contribution in [2.45, 2.75) is 59.3 Å². The summed E-state index contributed by atoms with van der Waals surface area (Å²) in [6, 6.07) is 18.3. The lowest BCUT2D eigenvalue weighted by Crippen LogP contribution is -2.49. The zero-order valence-corrected chi connectivity index (χ0v) is 17.6. The summed E-state index contributed by atoms with van der Waals surface area (Å²) in [5, 5.41) is 4.14. The van der Waals surface area contributed by atoms with E-state index >= 15 is 0 Å². The summed E-state index contributed by atoms with van der Waals surface area (Å²) in [4.78, 5) is 0. The van der Waals surface area contributed by atoms with Crippen LogP contribution >= 0.6 is 0 Å². The molecule has 0 amide bonds. The van der Waals surface area contributed by atoms with Crippen molar-refractivity contribution >= 4 is 27.2 Å². The molecule has 0 spiro atoms. The molecule has 4 aromatic rings. The van der Waals surface area contributed by atoms with Crippen LogP contribution in [0.4, 0.5) is 0 Å². The molecule has 0 atom stereocenters. The average Bonchev–Trinajstić information content (AvgIpc) is 3.05. The van der Waals surface area contributed by atoms with Gasteiger partial charge in [0.05, 0.1) is 11.0 Å². The first-order chi connectivity index (χ1) is 12.6. The van der Waals surface area contributed by atoms with Crippen molar-refractivity contribution in [3.8, 4) is 0 Å². The smallest absolute Gasteiger partial charge is 0.0577 e. The van der Waals surface area contributed by atoms with Crippen LogP contribution in [0.3, 0.4) is 0 Å². The number of fused-ring (bicyclic) bond motifs is 3. The van der Waals surface area contributed by atoms with Gasteiger partial charge in [0.15, 0.2) is 0 Å². The van der Waals surface area contributed by atoms with Crippen molar-refractivity contribution in [2.24, 2.45) is 5.41 Å². The van der Waals surface area contributed by atoms with Crippen molar-refractivity contribution in [3.05, 3.63) is 65.4 Å². The summed E-state index contributed by atoms with van der Waals surface area (Å²) in [5.41, 5.74) is 7.15. The third kappa shape index (κ3) is 1.72. The summed E-state index contributed by atoms with van der Waals surface area (Å²) in [6.45, 7) is 16.9. The molecule has 0 saturated heterocycles. The lowest BCUT2D eigenvalue weighted by Gasteiger charge is -2.51. The predicted molar refractivity (Wildman–Crippen MR) is 117 cm³/mol. The Balaban J connectivity index is 2.22. The molecule has 2 aromatic carbocycles. The van der Waals surface area contributed by atoms with Gasteiger partial charge < -0.3 is 4.40 Å². The molecule has 0 fully saturated rings. The second kappa shape index (κ2) is 4.76. The molecule has 138 valence electrons. The molecule has 2 aromatic heterocycles. The minimum absolute atomic E-state index is 0.0330. The largest absolute Gasteiger partial charge is 0.312 e. The van der Waals surface area contributed by atoms with Crippen LogP contribution in [0.2, 0.25) is 0 Å². The Kier molecular flexibility index (Phi) is 2.97. The lowest BCUT2D eigenvalue weighted by molar-refractivity contribution is 0.0925. The molecule has 0 unspecified atom stereocenters. The van der Waals surface area contributed by atoms with Gasteiger partial charge in [0.25, 0.3) is 0 Å². The number of benzene rings is 2. The molecule has 1 aliphatic heterocycles. The van der Waals surface area contributed by atoms with Crippen LogP contribution in [0.25, 0.3) is 27.2 Å². The van der Waals surface area contributed by atoms with Crippen LogP contribution < -0.4 is 0 Å². The van der Waals surface area contributed by atoms with Gasteiger partial charge in [0.2, 0.25) is 0 Å². The summed E-state index contributed by atoms with van der Waals surface area (Å²) in [6.07, 6.45) is 0. The van der Waals surface area contributed by atoms with E-state index in [0.717, 1.165) is 0 Å². The van der Waals surface area contributed by atoms with E-state index in [1.165, 1.54) is 44.0 Å². The average molecular weight is 356 g/mol. The van der Waals surface area contributed by atoms with Crippen LogP contribution in [0, 0.1) is 12.3 Å². The standard InChI is InChI=1S/C26H29N/c1-16-12-13-19-23-22(16)18-11-9-8-10-17(18)20-14-15-21(27(20)23)25(4,5)26(6,7)24(19,2)3/h8-15H,1-7H3. The minimum Gasteiger partial charge on any atom is -0.312 e. The van der Waals surface area contributed by atoms with Gasteiger partial charge in [-0.2, -0.15) is 0 Å². The summed E-state index contributed by atoms with van der Waals surface area (Å²) < 4.78 is 2.58. The van der Waals surface area contributed by atoms with Crippen molar-refractivity contribution < 1.29 is 0 Å². The predicted octanol–water partition coefficient (Wildman–Crippen LogP) is 7.15. The summed E-state index contributed by atoms with van der Waals surface area (Å²) in [7, 11) is 0. The maximum atomic E-state index is 2.58. The number of hydrogen-bond acceptors (Lipinski definition) is 0. The molecule has 0 bridgehead atoms. The second-order valence-electron chi connectivity index (χ2n) is 10.0. The first-order valence-electron chi connectivity index (χ1n) is 10.1. The third-order valence-corrected chi connectivity index (χ3v) is 8.40. The Morgan fingerprint density at radius 1 is 0.704 bits per heavy atom. The number of rotatable bonds is 0. The zero-order valence-electron chi connectivity index (χ0n) is 17.6. The van der Waals surface area contributed by atoms with Crippen molar-refractivity contribution in [3.63, 3.8) is 0 Å². The normalized spacial score (nSPS) is 19.8. The van der Waals surface area contributed by atoms with Gasteiger partial charge >= 0.3 is 0 Å². The third-order valence-electron chi connectivity index (χ3n) is 8.40. The Hall–Kier alpha value is -2.28. The molecule has 0 radical (unpaired) electrons. The molecule has 1 nitrogen and oxygen atoms in total. The number of aryl methyl sites for hydroxylation is 1. The van der Waals surface area contributed by atoms with Crippen LogP contribution in [0.1, 0.15) is 58.4 Å². The number of aromatic nitrogens is 1. The van der Waals surface area contributed by atoms with Gasteiger partial charge in [0.1, 0.15) is 0 Å². The summed E-state index contributed by atoms with van der Waals surface area (Å²) >= 11 is 0. The topological polar surface area (TPSA) is 4.41 Å². The van der Waals surface area contributed by atoms with Gasteiger partial charge in [-0.1, -0.05) is 77.9 Å². The van der Waals surface area contributed by atoms with Crippen LogP contribution in [-0.2, 0) is 10.8 Å². The van der Waals surface area contributed by atoms with E-state index in [2.05, 4.69) is 101 Å². The number of hydrogen-bond donors (Lipinski definition) is 0. The van der Waals surface area contributed by atoms with Crippen LogP contribution in [0.5, 0.6) is 0 Å². The molecule has 1 aliphatic rings. The molecule has 0 aliphatic carbocycles. The Bertz CT molecular complexity index is 1250. The zero-order chi connectivity index (χ0) is 19.4. The van der Waals surface area contributed by atoms with Gasteiger partial charge in [-0.3, -0.25) is 0 Å². The first kappa shape index (κ1) is 16.9. The van der Waals surface area contributed by atoms with Gasteiger partial charge in [-0.05, 0) is 46.4 Å². The SMILES string of the molecule is Cc1ccc2c3c1c1ccccc1c1ccc(n13)C(C)(C)C(C)(C)C2(C)C. The minimum atomic E-state index is 0.0330. The van der Waals surface area contributed by atoms with E-state index in [9.17, 15) is 0 Å². The quantitative estimate of drug-likeness (QED) is 0.295. The highest BCUT2D eigenvalue weighted by Gasteiger charge is 2.52. The van der Waals surface area contributed by atoms with E-state index in [1.54, 1.807) is 0 Å². The van der Waals surface area contributed by atoms with Gasteiger partial charge in [-0.15, -0.1) is 0 Å². The molecule has 27 heavy (non-hydrogen) atoms. The maximum Gasteiger partial charge on any atom is 0.0577 e. The Morgan fingerprint density at radius 3 is 2.07 bits per heavy atom. The molecular formula is C26H29N. The fraction of sp³-hybridized carbons (Fsp3) is 0.385. The second-order valence-corrected chi connectivity index (χ2v) is 10.0. The Morgan fingerprint density at radius 2 is 1.37 bits per heavy atom. The lowest BCUT2D eigenvalue weighted by atomic mass is 9.52. The fourth-order valence-corrected chi connectivity index (χ4v) is 5.51. The van der Waals surface area contributed by atoms with Crippen LogP contribution in [-0.4, -0.2) is 4.40 Å². The van der Waals surface area contributed by atoms with Gasteiger partial charge in [0, 0.05) is 21.9 Å². The molecule has 0 saturated carbocycles. The summed E-state index contributed by atoms with van der Waals surface area (Å²) in [5.74, 6) is 0. The van der Waals surface area contributed by atoms with E-state index in [0.29, 0.717) is 0 Å². The van der Waals surface area contributed by atoms with Crippen molar-refractivity contribution in [1.29, 1.82) is 0 Å². The van der Waals surface area contributed by atoms with Crippen LogP contribution in [0.15, 0.2) is 48.5 Å². The van der Waals surface area contributed by atoms with E-state index in [4.69, 9.17) is 0 Å². The molecule has 5 rings (SSSR count). The number of pyridine rings is 1. The van der Waals surface area contributed by atoms with Crippen molar-refractivity contribution in [2.75, 3.05) is 0 Å². The fourth-order valence-electron chi connectivity index (χ4n) is 5.51. The first-order valence-corrected chi connectivity index (χ1v) is 10.1. The number of nitrogens with zero attached hydrogens (tertiary/aromatic N) is 1. The highest BCUT2D eigenvalue weighted by molar-refractivity contribution is 6.15. The van der Waals surface area contributed by atoms with E-state index in [1.807, 2.05) is 0 Å². The molecular weight excluding hydrogens is 326 g/mol. The maximum absolute atomic E-state index is 2.58. The van der Waals surface area contributed by atoms with E-state index in [-0.39, 0.29) is 16.2 Å². The highest BCUT2D eigenvalue weighted by Crippen LogP contribution is 2.57.